The summed E-state index contributed by atoms with van der Waals surface area (Å²) in [5, 5.41) is 22.2. The van der Waals surface area contributed by atoms with Gasteiger partial charge < -0.3 is 24.8 Å². The Morgan fingerprint density at radius 1 is 1.08 bits per heavy atom. The molecule has 6 heterocycles. The summed E-state index contributed by atoms with van der Waals surface area (Å²) in [5.41, 5.74) is 0.431. The zero-order chi connectivity index (χ0) is 37.8. The van der Waals surface area contributed by atoms with E-state index < -0.39 is 35.7 Å². The van der Waals surface area contributed by atoms with Crippen LogP contribution in [0.3, 0.4) is 0 Å². The van der Waals surface area contributed by atoms with Crippen LogP contribution in [0.5, 0.6) is 5.75 Å². The smallest absolute Gasteiger partial charge is 0.416 e. The minimum atomic E-state index is -4.63. The molecule has 16 nitrogen and oxygen atoms in total. The standard InChI is InChI=1S/C33H30ClF3N12O4/c1-4-23-27(46-7-9-47(10-8-46)30(52)26-28(51)17(2)39-16-40-26)31(53)49-32(43-29(44-49)20-12-38-14-24-19(20)13-41-45(24)3)48(23)15-25(50)42-22-6-5-18(11-21(22)34)33(35,36)37/h5-6,11-14,16,51H,4,7-10,15H2,1-3H3,(H,42,50). The number of rotatable bonds is 7. The highest BCUT2D eigenvalue weighted by molar-refractivity contribution is 6.33. The van der Waals surface area contributed by atoms with Crippen LogP contribution in [0.2, 0.25) is 5.02 Å². The van der Waals surface area contributed by atoms with Crippen molar-refractivity contribution in [2.45, 2.75) is 33.0 Å². The Hall–Kier alpha value is -6.11. The zero-order valence-corrected chi connectivity index (χ0v) is 29.1. The summed E-state index contributed by atoms with van der Waals surface area (Å²) in [6.07, 6.45) is 1.62. The topological polar surface area (TPSA) is 182 Å². The molecule has 0 radical (unpaired) electrons. The number of anilines is 2. The zero-order valence-electron chi connectivity index (χ0n) is 28.4. The van der Waals surface area contributed by atoms with Crippen LogP contribution in [-0.2, 0) is 31.0 Å². The van der Waals surface area contributed by atoms with Crippen molar-refractivity contribution in [1.29, 1.82) is 0 Å². The maximum Gasteiger partial charge on any atom is 0.416 e. The molecule has 7 rings (SSSR count). The first kappa shape index (κ1) is 35.3. The van der Waals surface area contributed by atoms with Gasteiger partial charge in [0.15, 0.2) is 17.3 Å². The van der Waals surface area contributed by atoms with Crippen LogP contribution in [0.25, 0.3) is 28.1 Å². The molecule has 0 saturated carbocycles. The van der Waals surface area contributed by atoms with Gasteiger partial charge in [-0.05, 0) is 31.5 Å². The number of piperazine rings is 1. The first-order chi connectivity index (χ1) is 25.3. The van der Waals surface area contributed by atoms with Gasteiger partial charge in [-0.1, -0.05) is 18.5 Å². The number of amides is 2. The molecule has 0 bridgehead atoms. The molecule has 274 valence electrons. The first-order valence-corrected chi connectivity index (χ1v) is 16.6. The Morgan fingerprint density at radius 3 is 2.53 bits per heavy atom. The summed E-state index contributed by atoms with van der Waals surface area (Å²) in [7, 11) is 1.75. The summed E-state index contributed by atoms with van der Waals surface area (Å²) in [6, 6.07) is 2.60. The Balaban J connectivity index is 1.28. The van der Waals surface area contributed by atoms with Gasteiger partial charge in [-0.3, -0.25) is 24.0 Å². The van der Waals surface area contributed by atoms with Crippen molar-refractivity contribution in [2.75, 3.05) is 36.4 Å². The summed E-state index contributed by atoms with van der Waals surface area (Å²) in [6.45, 7) is 3.69. The lowest BCUT2D eigenvalue weighted by molar-refractivity contribution is -0.137. The molecule has 1 saturated heterocycles. The second-order valence-electron chi connectivity index (χ2n) is 12.3. The van der Waals surface area contributed by atoms with E-state index in [9.17, 15) is 32.7 Å². The molecule has 2 N–H and O–H groups in total. The van der Waals surface area contributed by atoms with Gasteiger partial charge in [0, 0.05) is 44.8 Å². The molecule has 5 aromatic heterocycles. The lowest BCUT2D eigenvalue weighted by Gasteiger charge is -2.36. The molecule has 2 amide bonds. The fourth-order valence-corrected chi connectivity index (χ4v) is 6.54. The molecule has 0 unspecified atom stereocenters. The molecule has 1 aromatic carbocycles. The molecule has 6 aromatic rings. The number of carbonyl (C=O) groups is 2. The van der Waals surface area contributed by atoms with E-state index in [0.717, 1.165) is 22.7 Å². The monoisotopic (exact) mass is 750 g/mol. The third-order valence-corrected chi connectivity index (χ3v) is 9.35. The average Bonchev–Trinajstić information content (AvgIpc) is 3.75. The second kappa shape index (κ2) is 13.5. The number of hydrogen-bond acceptors (Lipinski definition) is 11. The number of nitrogens with zero attached hydrogens (tertiary/aromatic N) is 11. The van der Waals surface area contributed by atoms with Crippen molar-refractivity contribution in [3.63, 3.8) is 0 Å². The number of carbonyl (C=O) groups excluding carboxylic acids is 2. The van der Waals surface area contributed by atoms with Gasteiger partial charge in [-0.15, -0.1) is 5.10 Å². The van der Waals surface area contributed by atoms with Crippen LogP contribution >= 0.6 is 11.6 Å². The van der Waals surface area contributed by atoms with Crippen LogP contribution in [0.1, 0.15) is 34.4 Å². The van der Waals surface area contributed by atoms with Crippen molar-refractivity contribution < 1.29 is 27.9 Å². The van der Waals surface area contributed by atoms with Gasteiger partial charge in [0.05, 0.1) is 51.1 Å². The molecule has 1 aliphatic rings. The van der Waals surface area contributed by atoms with Crippen LogP contribution in [0, 0.1) is 6.92 Å². The molecule has 1 aliphatic heterocycles. The number of halogens is 4. The van der Waals surface area contributed by atoms with E-state index in [1.807, 2.05) is 0 Å². The molecule has 53 heavy (non-hydrogen) atoms. The Bertz CT molecular complexity index is 2490. The van der Waals surface area contributed by atoms with E-state index in [4.69, 9.17) is 16.6 Å². The van der Waals surface area contributed by atoms with Gasteiger partial charge in [-0.25, -0.2) is 9.97 Å². The Kier molecular flexibility index (Phi) is 8.96. The van der Waals surface area contributed by atoms with E-state index in [0.29, 0.717) is 22.2 Å². The van der Waals surface area contributed by atoms with Crippen molar-refractivity contribution >= 4 is 51.5 Å². The lowest BCUT2D eigenvalue weighted by atomic mass is 10.2. The summed E-state index contributed by atoms with van der Waals surface area (Å²) >= 11 is 6.14. The molecular formula is C33H30ClF3N12O4. The maximum absolute atomic E-state index is 14.4. The molecule has 1 fully saturated rings. The predicted molar refractivity (Wildman–Crippen MR) is 186 cm³/mol. The largest absolute Gasteiger partial charge is 0.504 e. The summed E-state index contributed by atoms with van der Waals surface area (Å²) in [5.74, 6) is -1.29. The SMILES string of the molecule is CCc1c(N2CCN(C(=O)c3ncnc(C)c3O)CC2)c(=O)n2nc(-c3cncc4c3cnn4C)nc2n1CC(=O)Nc1ccc(C(F)(F)F)cc1Cl. The number of hydrogen-bond donors (Lipinski definition) is 2. The Morgan fingerprint density at radius 2 is 1.83 bits per heavy atom. The number of fused-ring (bicyclic) bond motifs is 2. The molecule has 0 atom stereocenters. The number of aromatic nitrogens is 9. The van der Waals surface area contributed by atoms with Crippen molar-refractivity contribution in [1.82, 2.24) is 48.8 Å². The number of benzene rings is 1. The van der Waals surface area contributed by atoms with Crippen LogP contribution in [0.4, 0.5) is 24.5 Å². The van der Waals surface area contributed by atoms with Crippen LogP contribution in [0.15, 0.2) is 47.9 Å². The Labute approximate surface area is 302 Å². The van der Waals surface area contributed by atoms with Crippen molar-refractivity contribution in [2.24, 2.45) is 7.05 Å². The van der Waals surface area contributed by atoms with E-state index in [1.54, 1.807) is 49.1 Å². The third-order valence-electron chi connectivity index (χ3n) is 9.04. The summed E-state index contributed by atoms with van der Waals surface area (Å²) < 4.78 is 44.0. The average molecular weight is 751 g/mol. The van der Waals surface area contributed by atoms with Gasteiger partial charge >= 0.3 is 6.18 Å². The summed E-state index contributed by atoms with van der Waals surface area (Å²) in [4.78, 5) is 61.4. The van der Waals surface area contributed by atoms with E-state index >= 15 is 0 Å². The number of alkyl halides is 3. The highest BCUT2D eigenvalue weighted by Crippen LogP contribution is 2.34. The number of pyridine rings is 1. The minimum Gasteiger partial charge on any atom is -0.504 e. The lowest BCUT2D eigenvalue weighted by Crippen LogP contribution is -2.51. The maximum atomic E-state index is 14.4. The van der Waals surface area contributed by atoms with Gasteiger partial charge in [0.2, 0.25) is 11.7 Å². The highest BCUT2D eigenvalue weighted by atomic mass is 35.5. The number of aryl methyl sites for hydroxylation is 2. The highest BCUT2D eigenvalue weighted by Gasteiger charge is 2.32. The fourth-order valence-electron chi connectivity index (χ4n) is 6.31. The molecule has 0 aliphatic carbocycles. The predicted octanol–water partition coefficient (Wildman–Crippen LogP) is 3.48. The first-order valence-electron chi connectivity index (χ1n) is 16.3. The minimum absolute atomic E-state index is 0.0311. The van der Waals surface area contributed by atoms with E-state index in [-0.39, 0.29) is 77.7 Å². The second-order valence-corrected chi connectivity index (χ2v) is 12.7. The fraction of sp³-hybridized carbons (Fsp3) is 0.303. The molecule has 20 heteroatoms. The number of aromatic hydroxyl groups is 1. The molecular weight excluding hydrogens is 721 g/mol. The van der Waals surface area contributed by atoms with E-state index in [2.05, 4.69) is 30.5 Å². The number of nitrogens with one attached hydrogen (secondary N) is 1. The molecule has 0 spiro atoms. The normalized spacial score (nSPS) is 13.6. The van der Waals surface area contributed by atoms with Crippen molar-refractivity contribution in [3.05, 3.63) is 81.1 Å². The van der Waals surface area contributed by atoms with Gasteiger partial charge in [-0.2, -0.15) is 27.8 Å². The van der Waals surface area contributed by atoms with Crippen LogP contribution in [-0.4, -0.2) is 91.9 Å². The third kappa shape index (κ3) is 6.36. The van der Waals surface area contributed by atoms with Crippen LogP contribution < -0.4 is 15.8 Å². The van der Waals surface area contributed by atoms with Crippen molar-refractivity contribution in [3.8, 4) is 17.1 Å². The van der Waals surface area contributed by atoms with Gasteiger partial charge in [0.25, 0.3) is 11.5 Å². The quantitative estimate of drug-likeness (QED) is 0.244. The van der Waals surface area contributed by atoms with E-state index in [1.165, 1.54) is 15.8 Å². The van der Waals surface area contributed by atoms with Gasteiger partial charge in [0.1, 0.15) is 18.6 Å².